The first-order valence-corrected chi connectivity index (χ1v) is 8.71. The lowest BCUT2D eigenvalue weighted by molar-refractivity contribution is 0.626. The summed E-state index contributed by atoms with van der Waals surface area (Å²) >= 11 is 0. The summed E-state index contributed by atoms with van der Waals surface area (Å²) < 4.78 is 16.3. The molecule has 4 rings (SSSR count). The molecule has 0 aliphatic heterocycles. The van der Waals surface area contributed by atoms with E-state index < -0.39 is 0 Å². The van der Waals surface area contributed by atoms with Crippen LogP contribution >= 0.6 is 0 Å². The van der Waals surface area contributed by atoms with Crippen LogP contribution in [0, 0.1) is 26.6 Å². The summed E-state index contributed by atoms with van der Waals surface area (Å²) in [4.78, 5) is 13.2. The Kier molecular flexibility index (Phi) is 4.11. The highest BCUT2D eigenvalue weighted by Crippen LogP contribution is 2.18. The Hall–Kier alpha value is -3.28. The first-order valence-electron chi connectivity index (χ1n) is 8.71. The molecule has 0 aliphatic rings. The molecule has 0 bridgehead atoms. The number of benzene rings is 2. The molecule has 2 aromatic carbocycles. The molecule has 27 heavy (non-hydrogen) atoms. The number of rotatable bonds is 3. The van der Waals surface area contributed by atoms with Crippen LogP contribution in [-0.2, 0) is 6.54 Å². The third-order valence-electron chi connectivity index (χ3n) is 4.76. The van der Waals surface area contributed by atoms with Crippen LogP contribution in [0.3, 0.4) is 0 Å². The van der Waals surface area contributed by atoms with Gasteiger partial charge in [-0.05, 0) is 56.2 Å². The molecular formula is C21H19FN4O. The Bertz CT molecular complexity index is 1210. The molecular weight excluding hydrogens is 343 g/mol. The zero-order chi connectivity index (χ0) is 19.1. The normalized spacial score (nSPS) is 11.3. The Morgan fingerprint density at radius 2 is 1.78 bits per heavy atom. The largest absolute Gasteiger partial charge is 0.293 e. The smallest absolute Gasteiger partial charge is 0.265 e. The second-order valence-electron chi connectivity index (χ2n) is 6.77. The van der Waals surface area contributed by atoms with Gasteiger partial charge in [-0.15, -0.1) is 0 Å². The molecule has 4 aromatic rings. The predicted molar refractivity (Wildman–Crippen MR) is 103 cm³/mol. The van der Waals surface area contributed by atoms with Gasteiger partial charge in [0, 0.05) is 5.39 Å². The molecule has 0 amide bonds. The number of aryl methyl sites for hydroxylation is 3. The molecule has 0 saturated carbocycles. The molecule has 0 aliphatic carbocycles. The van der Waals surface area contributed by atoms with E-state index in [9.17, 15) is 9.18 Å². The van der Waals surface area contributed by atoms with Gasteiger partial charge in [-0.2, -0.15) is 10.2 Å². The number of aromatic nitrogens is 4. The Labute approximate surface area is 155 Å². The number of nitrogens with zero attached hydrogens (tertiary/aromatic N) is 4. The standard InChI is InChI=1S/C21H19FN4O/c1-13-4-5-14(2)16(10-13)12-25-21(27)20-19(15(3)24-25)11-23-26(20)18-8-6-17(22)7-9-18/h4-11H,12H2,1-3H3. The number of hydrogen-bond donors (Lipinski definition) is 0. The minimum absolute atomic E-state index is 0.224. The van der Waals surface area contributed by atoms with Crippen molar-refractivity contribution in [3.63, 3.8) is 0 Å². The maximum absolute atomic E-state index is 13.3. The van der Waals surface area contributed by atoms with E-state index in [1.807, 2.05) is 32.9 Å². The third-order valence-corrected chi connectivity index (χ3v) is 4.76. The number of hydrogen-bond acceptors (Lipinski definition) is 3. The van der Waals surface area contributed by atoms with Gasteiger partial charge in [-0.25, -0.2) is 13.8 Å². The van der Waals surface area contributed by atoms with Crippen LogP contribution < -0.4 is 5.56 Å². The summed E-state index contributed by atoms with van der Waals surface area (Å²) in [6, 6.07) is 12.1. The monoisotopic (exact) mass is 362 g/mol. The maximum Gasteiger partial charge on any atom is 0.293 e. The minimum atomic E-state index is -0.333. The van der Waals surface area contributed by atoms with Gasteiger partial charge in [0.2, 0.25) is 0 Å². The summed E-state index contributed by atoms with van der Waals surface area (Å²) in [5.41, 5.74) is 4.88. The first kappa shape index (κ1) is 17.1. The summed E-state index contributed by atoms with van der Waals surface area (Å²) in [6.07, 6.45) is 1.63. The fourth-order valence-electron chi connectivity index (χ4n) is 3.24. The van der Waals surface area contributed by atoms with E-state index in [-0.39, 0.29) is 11.4 Å². The van der Waals surface area contributed by atoms with Gasteiger partial charge in [-0.1, -0.05) is 23.8 Å². The fourth-order valence-corrected chi connectivity index (χ4v) is 3.24. The fraction of sp³-hybridized carbons (Fsp3) is 0.190. The SMILES string of the molecule is Cc1ccc(C)c(Cn2nc(C)c3cnn(-c4ccc(F)cc4)c3c2=O)c1. The van der Waals surface area contributed by atoms with Crippen molar-refractivity contribution in [2.24, 2.45) is 0 Å². The molecule has 0 fully saturated rings. The topological polar surface area (TPSA) is 52.7 Å². The van der Waals surface area contributed by atoms with E-state index in [2.05, 4.69) is 16.3 Å². The van der Waals surface area contributed by atoms with Crippen LogP contribution in [0.15, 0.2) is 53.5 Å². The lowest BCUT2D eigenvalue weighted by Crippen LogP contribution is -2.26. The molecule has 136 valence electrons. The Morgan fingerprint density at radius 1 is 1.04 bits per heavy atom. The molecule has 0 N–H and O–H groups in total. The molecule has 6 heteroatoms. The Balaban J connectivity index is 1.89. The summed E-state index contributed by atoms with van der Waals surface area (Å²) in [7, 11) is 0. The van der Waals surface area contributed by atoms with Crippen molar-refractivity contribution in [1.29, 1.82) is 0 Å². The van der Waals surface area contributed by atoms with Gasteiger partial charge in [0.05, 0.1) is 24.1 Å². The molecule has 0 spiro atoms. The average molecular weight is 362 g/mol. The highest BCUT2D eigenvalue weighted by atomic mass is 19.1. The van der Waals surface area contributed by atoms with Gasteiger partial charge in [0.1, 0.15) is 11.3 Å². The van der Waals surface area contributed by atoms with Crippen molar-refractivity contribution >= 4 is 10.9 Å². The third kappa shape index (κ3) is 3.03. The van der Waals surface area contributed by atoms with Crippen LogP contribution in [0.5, 0.6) is 0 Å². The molecule has 0 saturated heterocycles. The van der Waals surface area contributed by atoms with Gasteiger partial charge in [-0.3, -0.25) is 4.79 Å². The van der Waals surface area contributed by atoms with Crippen LogP contribution in [-0.4, -0.2) is 19.6 Å². The minimum Gasteiger partial charge on any atom is -0.265 e. The van der Waals surface area contributed by atoms with Crippen molar-refractivity contribution in [3.8, 4) is 5.69 Å². The summed E-state index contributed by atoms with van der Waals surface area (Å²) in [5, 5.41) is 9.51. The second-order valence-corrected chi connectivity index (χ2v) is 6.77. The Morgan fingerprint density at radius 3 is 2.52 bits per heavy atom. The van der Waals surface area contributed by atoms with Crippen molar-refractivity contribution < 1.29 is 4.39 Å². The molecule has 0 unspecified atom stereocenters. The quantitative estimate of drug-likeness (QED) is 0.558. The van der Waals surface area contributed by atoms with Crippen molar-refractivity contribution in [1.82, 2.24) is 19.6 Å². The van der Waals surface area contributed by atoms with Crippen LogP contribution in [0.1, 0.15) is 22.4 Å². The summed E-state index contributed by atoms with van der Waals surface area (Å²) in [5.74, 6) is -0.333. The van der Waals surface area contributed by atoms with E-state index in [0.717, 1.165) is 22.4 Å². The van der Waals surface area contributed by atoms with E-state index in [1.54, 1.807) is 23.0 Å². The molecule has 5 nitrogen and oxygen atoms in total. The molecule has 2 heterocycles. The van der Waals surface area contributed by atoms with Gasteiger partial charge in [0.15, 0.2) is 0 Å². The maximum atomic E-state index is 13.3. The lowest BCUT2D eigenvalue weighted by atomic mass is 10.1. The first-order chi connectivity index (χ1) is 12.9. The van der Waals surface area contributed by atoms with Gasteiger partial charge < -0.3 is 0 Å². The average Bonchev–Trinajstić information content (AvgIpc) is 3.09. The van der Waals surface area contributed by atoms with Crippen LogP contribution in [0.2, 0.25) is 0 Å². The summed E-state index contributed by atoms with van der Waals surface area (Å²) in [6.45, 7) is 6.29. The molecule has 0 atom stereocenters. The lowest BCUT2D eigenvalue weighted by Gasteiger charge is -2.11. The zero-order valence-electron chi connectivity index (χ0n) is 15.4. The second kappa shape index (κ2) is 6.46. The predicted octanol–water partition coefficient (Wildman–Crippen LogP) is 3.69. The van der Waals surface area contributed by atoms with Crippen LogP contribution in [0.4, 0.5) is 4.39 Å². The van der Waals surface area contributed by atoms with Crippen molar-refractivity contribution in [2.75, 3.05) is 0 Å². The molecule has 2 aromatic heterocycles. The van der Waals surface area contributed by atoms with Crippen LogP contribution in [0.25, 0.3) is 16.6 Å². The van der Waals surface area contributed by atoms with E-state index in [0.29, 0.717) is 23.1 Å². The highest BCUT2D eigenvalue weighted by molar-refractivity contribution is 5.81. The van der Waals surface area contributed by atoms with Crippen molar-refractivity contribution in [3.05, 3.63) is 87.2 Å². The zero-order valence-corrected chi connectivity index (χ0v) is 15.4. The van der Waals surface area contributed by atoms with Gasteiger partial charge in [0.25, 0.3) is 5.56 Å². The number of halogens is 1. The van der Waals surface area contributed by atoms with E-state index >= 15 is 0 Å². The highest BCUT2D eigenvalue weighted by Gasteiger charge is 2.15. The molecule has 0 radical (unpaired) electrons. The van der Waals surface area contributed by atoms with E-state index in [1.165, 1.54) is 16.8 Å². The number of fused-ring (bicyclic) bond motifs is 1. The van der Waals surface area contributed by atoms with Gasteiger partial charge >= 0.3 is 0 Å². The van der Waals surface area contributed by atoms with Crippen molar-refractivity contribution in [2.45, 2.75) is 27.3 Å². The van der Waals surface area contributed by atoms with E-state index in [4.69, 9.17) is 0 Å².